The molecule has 0 bridgehead atoms. The molecule has 90 valence electrons. The molecule has 0 aromatic rings. The summed E-state index contributed by atoms with van der Waals surface area (Å²) < 4.78 is 5.81. The molecule has 0 spiro atoms. The van der Waals surface area contributed by atoms with Gasteiger partial charge in [-0.15, -0.1) is 0 Å². The lowest BCUT2D eigenvalue weighted by Gasteiger charge is -2.32. The molecule has 1 aliphatic rings. The molecule has 0 aliphatic carbocycles. The Balaban J connectivity index is 2.11. The summed E-state index contributed by atoms with van der Waals surface area (Å²) in [4.78, 5) is 2.54. The molecule has 1 rings (SSSR count). The zero-order chi connectivity index (χ0) is 10.9. The average molecular weight is 214 g/mol. The fourth-order valence-corrected chi connectivity index (χ4v) is 2.12. The van der Waals surface area contributed by atoms with Crippen LogP contribution in [-0.4, -0.2) is 50.8 Å². The second kappa shape index (κ2) is 8.08. The zero-order valence-electron chi connectivity index (χ0n) is 10.3. The minimum absolute atomic E-state index is 0.494. The first-order valence-electron chi connectivity index (χ1n) is 6.35. The molecule has 1 saturated heterocycles. The van der Waals surface area contributed by atoms with Gasteiger partial charge in [-0.05, 0) is 52.4 Å². The summed E-state index contributed by atoms with van der Waals surface area (Å²) >= 11 is 0. The molecule has 0 radical (unpaired) electrons. The van der Waals surface area contributed by atoms with E-state index < -0.39 is 0 Å². The Hall–Kier alpha value is -0.120. The van der Waals surface area contributed by atoms with Gasteiger partial charge in [0, 0.05) is 13.2 Å². The van der Waals surface area contributed by atoms with Crippen LogP contribution in [0.5, 0.6) is 0 Å². The van der Waals surface area contributed by atoms with Crippen LogP contribution in [-0.2, 0) is 4.74 Å². The molecule has 1 unspecified atom stereocenters. The van der Waals surface area contributed by atoms with E-state index in [1.165, 1.54) is 32.4 Å². The number of hydrogen-bond acceptors (Lipinski definition) is 3. The standard InChI is InChI=1S/C12H26N2O/c1-3-10-15-12-6-4-8-14(11-12)9-5-7-13-2/h12-13H,3-11H2,1-2H3. The molecule has 0 aromatic heterocycles. The lowest BCUT2D eigenvalue weighted by Crippen LogP contribution is -2.40. The number of nitrogens with zero attached hydrogens (tertiary/aromatic N) is 1. The van der Waals surface area contributed by atoms with Gasteiger partial charge in [0.15, 0.2) is 0 Å². The van der Waals surface area contributed by atoms with Crippen LogP contribution in [0.3, 0.4) is 0 Å². The first-order chi connectivity index (χ1) is 7.36. The molecule has 1 fully saturated rings. The van der Waals surface area contributed by atoms with Gasteiger partial charge in [-0.3, -0.25) is 0 Å². The van der Waals surface area contributed by atoms with Gasteiger partial charge in [0.05, 0.1) is 6.10 Å². The molecule has 1 N–H and O–H groups in total. The Morgan fingerprint density at radius 2 is 2.33 bits per heavy atom. The summed E-state index contributed by atoms with van der Waals surface area (Å²) in [6.07, 6.45) is 5.43. The fourth-order valence-electron chi connectivity index (χ4n) is 2.12. The quantitative estimate of drug-likeness (QED) is 0.650. The second-order valence-corrected chi connectivity index (χ2v) is 4.39. The molecular formula is C12H26N2O. The normalized spacial score (nSPS) is 23.2. The van der Waals surface area contributed by atoms with E-state index in [-0.39, 0.29) is 0 Å². The minimum atomic E-state index is 0.494. The van der Waals surface area contributed by atoms with Crippen LogP contribution in [0.2, 0.25) is 0 Å². The van der Waals surface area contributed by atoms with E-state index in [0.29, 0.717) is 6.10 Å². The van der Waals surface area contributed by atoms with Crippen molar-refractivity contribution in [1.82, 2.24) is 10.2 Å². The summed E-state index contributed by atoms with van der Waals surface area (Å²) in [7, 11) is 2.02. The van der Waals surface area contributed by atoms with E-state index in [1.807, 2.05) is 7.05 Å². The molecular weight excluding hydrogens is 188 g/mol. The van der Waals surface area contributed by atoms with Crippen molar-refractivity contribution >= 4 is 0 Å². The first kappa shape index (κ1) is 12.9. The highest BCUT2D eigenvalue weighted by Crippen LogP contribution is 2.13. The van der Waals surface area contributed by atoms with Crippen molar-refractivity contribution in [1.29, 1.82) is 0 Å². The Morgan fingerprint density at radius 3 is 3.07 bits per heavy atom. The van der Waals surface area contributed by atoms with Gasteiger partial charge in [0.1, 0.15) is 0 Å². The summed E-state index contributed by atoms with van der Waals surface area (Å²) in [6, 6.07) is 0. The van der Waals surface area contributed by atoms with E-state index in [9.17, 15) is 0 Å². The van der Waals surface area contributed by atoms with Crippen LogP contribution in [0.1, 0.15) is 32.6 Å². The maximum absolute atomic E-state index is 5.81. The van der Waals surface area contributed by atoms with Gasteiger partial charge in [-0.2, -0.15) is 0 Å². The molecule has 1 aliphatic heterocycles. The van der Waals surface area contributed by atoms with Gasteiger partial charge in [-0.1, -0.05) is 6.92 Å². The first-order valence-corrected chi connectivity index (χ1v) is 6.35. The third kappa shape index (κ3) is 5.50. The van der Waals surface area contributed by atoms with Crippen molar-refractivity contribution in [3.05, 3.63) is 0 Å². The van der Waals surface area contributed by atoms with Gasteiger partial charge >= 0.3 is 0 Å². The molecule has 15 heavy (non-hydrogen) atoms. The molecule has 1 heterocycles. The maximum atomic E-state index is 5.81. The lowest BCUT2D eigenvalue weighted by molar-refractivity contribution is -0.000157. The van der Waals surface area contributed by atoms with Gasteiger partial charge in [0.2, 0.25) is 0 Å². The Kier molecular flexibility index (Phi) is 6.98. The number of hydrogen-bond donors (Lipinski definition) is 1. The van der Waals surface area contributed by atoms with Crippen LogP contribution in [0, 0.1) is 0 Å². The van der Waals surface area contributed by atoms with E-state index in [0.717, 1.165) is 26.1 Å². The van der Waals surface area contributed by atoms with Crippen LogP contribution >= 0.6 is 0 Å². The summed E-state index contributed by atoms with van der Waals surface area (Å²) in [5.74, 6) is 0. The zero-order valence-corrected chi connectivity index (χ0v) is 10.3. The number of ether oxygens (including phenoxy) is 1. The van der Waals surface area contributed by atoms with Crippen molar-refractivity contribution in [2.75, 3.05) is 39.8 Å². The topological polar surface area (TPSA) is 24.5 Å². The van der Waals surface area contributed by atoms with Crippen LogP contribution in [0.15, 0.2) is 0 Å². The van der Waals surface area contributed by atoms with Crippen LogP contribution < -0.4 is 5.32 Å². The summed E-state index contributed by atoms with van der Waals surface area (Å²) in [5.41, 5.74) is 0. The summed E-state index contributed by atoms with van der Waals surface area (Å²) in [5, 5.41) is 3.19. The number of piperidine rings is 1. The van der Waals surface area contributed by atoms with Crippen molar-refractivity contribution in [3.63, 3.8) is 0 Å². The molecule has 3 heteroatoms. The SMILES string of the molecule is CCCOC1CCCN(CCCNC)C1. The average Bonchev–Trinajstić information content (AvgIpc) is 2.27. The summed E-state index contributed by atoms with van der Waals surface area (Å²) in [6.45, 7) is 7.84. The predicted molar refractivity (Wildman–Crippen MR) is 64.2 cm³/mol. The smallest absolute Gasteiger partial charge is 0.0702 e. The van der Waals surface area contributed by atoms with E-state index >= 15 is 0 Å². The van der Waals surface area contributed by atoms with Crippen molar-refractivity contribution < 1.29 is 4.74 Å². The van der Waals surface area contributed by atoms with Gasteiger partial charge in [0.25, 0.3) is 0 Å². The maximum Gasteiger partial charge on any atom is 0.0702 e. The molecule has 0 amide bonds. The van der Waals surface area contributed by atoms with Crippen molar-refractivity contribution in [3.8, 4) is 0 Å². The Labute approximate surface area is 94.2 Å². The number of rotatable bonds is 7. The van der Waals surface area contributed by atoms with Crippen molar-refractivity contribution in [2.24, 2.45) is 0 Å². The van der Waals surface area contributed by atoms with Gasteiger partial charge in [-0.25, -0.2) is 0 Å². The minimum Gasteiger partial charge on any atom is -0.377 e. The third-order valence-corrected chi connectivity index (χ3v) is 2.92. The molecule has 1 atom stereocenters. The third-order valence-electron chi connectivity index (χ3n) is 2.92. The lowest BCUT2D eigenvalue weighted by atomic mass is 10.1. The monoisotopic (exact) mass is 214 g/mol. The van der Waals surface area contributed by atoms with E-state index in [1.54, 1.807) is 0 Å². The highest BCUT2D eigenvalue weighted by molar-refractivity contribution is 4.73. The number of nitrogens with one attached hydrogen (secondary N) is 1. The van der Waals surface area contributed by atoms with E-state index in [4.69, 9.17) is 4.74 Å². The van der Waals surface area contributed by atoms with E-state index in [2.05, 4.69) is 17.1 Å². The van der Waals surface area contributed by atoms with Crippen LogP contribution in [0.4, 0.5) is 0 Å². The highest BCUT2D eigenvalue weighted by Gasteiger charge is 2.19. The predicted octanol–water partition coefficient (Wildman–Crippen LogP) is 1.49. The van der Waals surface area contributed by atoms with Crippen molar-refractivity contribution in [2.45, 2.75) is 38.7 Å². The Morgan fingerprint density at radius 1 is 1.47 bits per heavy atom. The Bertz CT molecular complexity index is 153. The fraction of sp³-hybridized carbons (Fsp3) is 1.00. The second-order valence-electron chi connectivity index (χ2n) is 4.39. The van der Waals surface area contributed by atoms with Gasteiger partial charge < -0.3 is 15.0 Å². The number of likely N-dealkylation sites (tertiary alicyclic amines) is 1. The van der Waals surface area contributed by atoms with Crippen LogP contribution in [0.25, 0.3) is 0 Å². The largest absolute Gasteiger partial charge is 0.377 e. The molecule has 0 saturated carbocycles. The molecule has 3 nitrogen and oxygen atoms in total. The molecule has 0 aromatic carbocycles. The highest BCUT2D eigenvalue weighted by atomic mass is 16.5.